The monoisotopic (exact) mass is 266 g/mol. The van der Waals surface area contributed by atoms with Gasteiger partial charge in [-0.15, -0.1) is 0 Å². The minimum absolute atomic E-state index is 0.204. The molecule has 6 nitrogen and oxygen atoms in total. The number of likely N-dealkylation sites (N-methyl/N-ethyl adjacent to an activating group) is 1. The van der Waals surface area contributed by atoms with Crippen molar-refractivity contribution in [3.63, 3.8) is 0 Å². The van der Waals surface area contributed by atoms with E-state index in [2.05, 4.69) is 15.4 Å². The van der Waals surface area contributed by atoms with Crippen LogP contribution in [0.2, 0.25) is 0 Å². The van der Waals surface area contributed by atoms with E-state index >= 15 is 0 Å². The van der Waals surface area contributed by atoms with Gasteiger partial charge in [-0.3, -0.25) is 0 Å². The summed E-state index contributed by atoms with van der Waals surface area (Å²) in [4.78, 5) is 16.6. The molecule has 1 unspecified atom stereocenters. The van der Waals surface area contributed by atoms with Gasteiger partial charge in [-0.25, -0.2) is 14.5 Å². The Kier molecular flexibility index (Phi) is 3.89. The molecule has 6 heteroatoms. The molecule has 1 aliphatic carbocycles. The van der Waals surface area contributed by atoms with Gasteiger partial charge in [0.15, 0.2) is 0 Å². The molecule has 1 heterocycles. The number of rotatable bonds is 6. The maximum absolute atomic E-state index is 12.3. The maximum atomic E-state index is 12.3. The third kappa shape index (κ3) is 2.63. The number of nitrogens with one attached hydrogen (secondary N) is 1. The molecule has 1 fully saturated rings. The van der Waals surface area contributed by atoms with Crippen LogP contribution in [0, 0.1) is 19.8 Å². The lowest BCUT2D eigenvalue weighted by Gasteiger charge is -2.32. The van der Waals surface area contributed by atoms with E-state index in [1.54, 1.807) is 4.68 Å². The summed E-state index contributed by atoms with van der Waals surface area (Å²) in [6, 6.07) is 0. The summed E-state index contributed by atoms with van der Waals surface area (Å²) in [6.07, 6.45) is 2.10. The molecule has 106 valence electrons. The lowest BCUT2D eigenvalue weighted by atomic mass is 9.92. The fourth-order valence-electron chi connectivity index (χ4n) is 2.65. The minimum Gasteiger partial charge on any atom is -0.468 e. The number of ether oxygens (including phenoxy) is 1. The molecule has 0 radical (unpaired) electrons. The molecular formula is C13H22N4O2. The molecule has 0 bridgehead atoms. The molecular weight excluding hydrogens is 244 g/mol. The summed E-state index contributed by atoms with van der Waals surface area (Å²) in [7, 11) is 1.44. The first-order valence-electron chi connectivity index (χ1n) is 6.75. The number of aryl methyl sites for hydroxylation is 2. The zero-order valence-electron chi connectivity index (χ0n) is 12.1. The number of nitrogens with zero attached hydrogens (tertiary/aromatic N) is 3. The van der Waals surface area contributed by atoms with Crippen LogP contribution in [0.3, 0.4) is 0 Å². The van der Waals surface area contributed by atoms with Crippen molar-refractivity contribution in [1.29, 1.82) is 0 Å². The third-order valence-electron chi connectivity index (χ3n) is 3.68. The standard InChI is InChI=1S/C13H22N4O2/c1-5-14-13(11-6-7-11,12(18)19-4)8-17-10(3)15-9(2)16-17/h11,14H,5-8H2,1-4H3. The Morgan fingerprint density at radius 2 is 2.21 bits per heavy atom. The highest BCUT2D eigenvalue weighted by Gasteiger charge is 2.52. The fraction of sp³-hybridized carbons (Fsp3) is 0.769. The predicted molar refractivity (Wildman–Crippen MR) is 70.6 cm³/mol. The Hall–Kier alpha value is -1.43. The molecule has 1 N–H and O–H groups in total. The van der Waals surface area contributed by atoms with E-state index < -0.39 is 5.54 Å². The lowest BCUT2D eigenvalue weighted by molar-refractivity contribution is -0.150. The molecule has 1 aromatic heterocycles. The largest absolute Gasteiger partial charge is 0.468 e. The highest BCUT2D eigenvalue weighted by Crippen LogP contribution is 2.41. The average Bonchev–Trinajstić information content (AvgIpc) is 3.16. The lowest BCUT2D eigenvalue weighted by Crippen LogP contribution is -2.57. The molecule has 1 aliphatic rings. The Labute approximate surface area is 113 Å². The number of aromatic nitrogens is 3. The summed E-state index contributed by atoms with van der Waals surface area (Å²) in [5, 5.41) is 7.69. The smallest absolute Gasteiger partial charge is 0.328 e. The van der Waals surface area contributed by atoms with E-state index in [0.717, 1.165) is 31.0 Å². The zero-order valence-corrected chi connectivity index (χ0v) is 12.1. The van der Waals surface area contributed by atoms with Crippen LogP contribution < -0.4 is 5.32 Å². The Morgan fingerprint density at radius 1 is 1.53 bits per heavy atom. The van der Waals surface area contributed by atoms with Crippen molar-refractivity contribution in [2.24, 2.45) is 5.92 Å². The summed E-state index contributed by atoms with van der Waals surface area (Å²) in [5.41, 5.74) is -0.672. The van der Waals surface area contributed by atoms with Gasteiger partial charge in [0.1, 0.15) is 17.2 Å². The predicted octanol–water partition coefficient (Wildman–Crippen LogP) is 0.826. The molecule has 1 atom stereocenters. The van der Waals surface area contributed by atoms with Gasteiger partial charge in [0.05, 0.1) is 13.7 Å². The number of methoxy groups -OCH3 is 1. The van der Waals surface area contributed by atoms with Gasteiger partial charge in [-0.1, -0.05) is 6.92 Å². The first kappa shape index (κ1) is 14.0. The zero-order chi connectivity index (χ0) is 14.0. The van der Waals surface area contributed by atoms with Crippen molar-refractivity contribution in [3.8, 4) is 0 Å². The topological polar surface area (TPSA) is 69.0 Å². The second-order valence-electron chi connectivity index (χ2n) is 5.13. The summed E-state index contributed by atoms with van der Waals surface area (Å²) in [6.45, 7) is 6.96. The van der Waals surface area contributed by atoms with Crippen molar-refractivity contribution in [3.05, 3.63) is 11.6 Å². The van der Waals surface area contributed by atoms with Gasteiger partial charge >= 0.3 is 5.97 Å². The molecule has 1 saturated carbocycles. The van der Waals surface area contributed by atoms with Crippen molar-refractivity contribution in [1.82, 2.24) is 20.1 Å². The van der Waals surface area contributed by atoms with Crippen molar-refractivity contribution in [2.45, 2.75) is 45.7 Å². The van der Waals surface area contributed by atoms with Crippen LogP contribution in [0.5, 0.6) is 0 Å². The molecule has 0 spiro atoms. The quantitative estimate of drug-likeness (QED) is 0.772. The van der Waals surface area contributed by atoms with Crippen LogP contribution in [0.4, 0.5) is 0 Å². The summed E-state index contributed by atoms with van der Waals surface area (Å²) < 4.78 is 6.82. The summed E-state index contributed by atoms with van der Waals surface area (Å²) >= 11 is 0. The van der Waals surface area contributed by atoms with Crippen LogP contribution in [-0.2, 0) is 16.1 Å². The van der Waals surface area contributed by atoms with Crippen LogP contribution in [-0.4, -0.2) is 39.9 Å². The van der Waals surface area contributed by atoms with Crippen LogP contribution in [0.15, 0.2) is 0 Å². The van der Waals surface area contributed by atoms with E-state index in [0.29, 0.717) is 12.5 Å². The number of carbonyl (C=O) groups is 1. The molecule has 19 heavy (non-hydrogen) atoms. The number of hydrogen-bond acceptors (Lipinski definition) is 5. The summed E-state index contributed by atoms with van der Waals surface area (Å²) in [5.74, 6) is 1.67. The molecule has 0 aromatic carbocycles. The molecule has 0 amide bonds. The van der Waals surface area contributed by atoms with Crippen molar-refractivity contribution < 1.29 is 9.53 Å². The minimum atomic E-state index is -0.672. The van der Waals surface area contributed by atoms with Crippen molar-refractivity contribution >= 4 is 5.97 Å². The number of esters is 1. The van der Waals surface area contributed by atoms with Gasteiger partial charge in [0.2, 0.25) is 0 Å². The van der Waals surface area contributed by atoms with Crippen LogP contribution in [0.1, 0.15) is 31.4 Å². The van der Waals surface area contributed by atoms with Gasteiger partial charge < -0.3 is 10.1 Å². The Balaban J connectivity index is 2.31. The van der Waals surface area contributed by atoms with E-state index in [9.17, 15) is 4.79 Å². The van der Waals surface area contributed by atoms with Gasteiger partial charge in [0.25, 0.3) is 0 Å². The van der Waals surface area contributed by atoms with Crippen LogP contribution >= 0.6 is 0 Å². The molecule has 2 rings (SSSR count). The Bertz CT molecular complexity index is 467. The van der Waals surface area contributed by atoms with Gasteiger partial charge in [-0.05, 0) is 39.2 Å². The average molecular weight is 266 g/mol. The van der Waals surface area contributed by atoms with E-state index in [-0.39, 0.29) is 5.97 Å². The maximum Gasteiger partial charge on any atom is 0.328 e. The molecule has 1 aromatic rings. The van der Waals surface area contributed by atoms with Gasteiger partial charge in [-0.2, -0.15) is 5.10 Å². The second kappa shape index (κ2) is 5.28. The van der Waals surface area contributed by atoms with Crippen molar-refractivity contribution in [2.75, 3.05) is 13.7 Å². The van der Waals surface area contributed by atoms with E-state index in [4.69, 9.17) is 4.74 Å². The first-order valence-corrected chi connectivity index (χ1v) is 6.75. The number of hydrogen-bond donors (Lipinski definition) is 1. The third-order valence-corrected chi connectivity index (χ3v) is 3.68. The molecule has 0 saturated heterocycles. The molecule has 0 aliphatic heterocycles. The van der Waals surface area contributed by atoms with Gasteiger partial charge in [0, 0.05) is 0 Å². The normalized spacial score (nSPS) is 18.1. The first-order chi connectivity index (χ1) is 9.03. The van der Waals surface area contributed by atoms with E-state index in [1.165, 1.54) is 7.11 Å². The number of carbonyl (C=O) groups excluding carboxylic acids is 1. The van der Waals surface area contributed by atoms with Crippen LogP contribution in [0.25, 0.3) is 0 Å². The van der Waals surface area contributed by atoms with E-state index in [1.807, 2.05) is 20.8 Å². The highest BCUT2D eigenvalue weighted by atomic mass is 16.5. The highest BCUT2D eigenvalue weighted by molar-refractivity contribution is 5.81. The Morgan fingerprint density at radius 3 is 2.63 bits per heavy atom. The SMILES string of the molecule is CCNC(Cn1nc(C)nc1C)(C(=O)OC)C1CC1. The second-order valence-corrected chi connectivity index (χ2v) is 5.13. The fourth-order valence-corrected chi connectivity index (χ4v) is 2.65.